The second-order valence-electron chi connectivity index (χ2n) is 4.42. The van der Waals surface area contributed by atoms with E-state index < -0.39 is 24.0 Å². The molecule has 0 saturated heterocycles. The van der Waals surface area contributed by atoms with E-state index >= 15 is 0 Å². The second kappa shape index (κ2) is 6.47. The summed E-state index contributed by atoms with van der Waals surface area (Å²) in [5.41, 5.74) is -0.00979. The Hall–Kier alpha value is -1.46. The largest absolute Gasteiger partial charge is 0.464 e. The third-order valence-electron chi connectivity index (χ3n) is 2.15. The fourth-order valence-electron chi connectivity index (χ4n) is 1.20. The van der Waals surface area contributed by atoms with Crippen molar-refractivity contribution >= 4 is 11.9 Å². The Balaban J connectivity index is 5.04. The maximum Gasteiger partial charge on any atom is 0.380 e. The van der Waals surface area contributed by atoms with Gasteiger partial charge in [0.25, 0.3) is 0 Å². The van der Waals surface area contributed by atoms with E-state index in [0.29, 0.717) is 0 Å². The first kappa shape index (κ1) is 16.5. The molecule has 6 heteroatoms. The van der Waals surface area contributed by atoms with Crippen LogP contribution in [0, 0.1) is 5.92 Å². The minimum atomic E-state index is -3.87. The first-order chi connectivity index (χ1) is 8.12. The van der Waals surface area contributed by atoms with Crippen LogP contribution in [-0.4, -0.2) is 31.1 Å². The Morgan fingerprint density at radius 3 is 2.17 bits per heavy atom. The number of hydrogen-bond acceptors (Lipinski definition) is 4. The van der Waals surface area contributed by atoms with Crippen LogP contribution in [0.25, 0.3) is 0 Å². The lowest BCUT2D eigenvalue weighted by Gasteiger charge is -2.26. The molecule has 0 aliphatic carbocycles. The van der Waals surface area contributed by atoms with E-state index in [1.165, 1.54) is 6.92 Å². The summed E-state index contributed by atoms with van der Waals surface area (Å²) in [5.74, 6) is -6.72. The van der Waals surface area contributed by atoms with Crippen LogP contribution in [0.2, 0.25) is 0 Å². The molecule has 0 unspecified atom stereocenters. The summed E-state index contributed by atoms with van der Waals surface area (Å²) in [6.07, 6.45) is -2.00. The number of esters is 2. The van der Waals surface area contributed by atoms with E-state index in [9.17, 15) is 18.4 Å². The number of carbonyl (C=O) groups excluding carboxylic acids is 2. The predicted molar refractivity (Wildman–Crippen MR) is 61.1 cm³/mol. The van der Waals surface area contributed by atoms with Gasteiger partial charge in [-0.2, -0.15) is 8.78 Å². The molecule has 0 N–H and O–H groups in total. The number of hydrogen-bond donors (Lipinski definition) is 0. The van der Waals surface area contributed by atoms with Crippen molar-refractivity contribution in [2.45, 2.75) is 39.2 Å². The molecule has 18 heavy (non-hydrogen) atoms. The number of halogens is 2. The Morgan fingerprint density at radius 1 is 1.33 bits per heavy atom. The molecule has 0 aliphatic rings. The van der Waals surface area contributed by atoms with Crippen LogP contribution < -0.4 is 0 Å². The first-order valence-corrected chi connectivity index (χ1v) is 5.45. The van der Waals surface area contributed by atoms with Crippen molar-refractivity contribution in [2.75, 3.05) is 7.11 Å². The highest BCUT2D eigenvalue weighted by Gasteiger charge is 2.51. The average Bonchev–Trinajstić information content (AvgIpc) is 2.25. The van der Waals surface area contributed by atoms with E-state index in [2.05, 4.69) is 16.1 Å². The zero-order valence-corrected chi connectivity index (χ0v) is 11.0. The normalized spacial score (nSPS) is 13.1. The van der Waals surface area contributed by atoms with Crippen LogP contribution in [-0.2, 0) is 19.1 Å². The lowest BCUT2D eigenvalue weighted by Crippen LogP contribution is -2.45. The number of rotatable bonds is 6. The lowest BCUT2D eigenvalue weighted by molar-refractivity contribution is -0.196. The van der Waals surface area contributed by atoms with Gasteiger partial charge in [-0.05, 0) is 19.3 Å². The van der Waals surface area contributed by atoms with Gasteiger partial charge >= 0.3 is 17.9 Å². The Bertz CT molecular complexity index is 337. The second-order valence-corrected chi connectivity index (χ2v) is 4.42. The zero-order valence-electron chi connectivity index (χ0n) is 11.0. The van der Waals surface area contributed by atoms with Crippen LogP contribution in [0.1, 0.15) is 27.2 Å². The lowest BCUT2D eigenvalue weighted by atomic mass is 10.0. The number of methoxy groups -OCH3 is 1. The van der Waals surface area contributed by atoms with E-state index in [0.717, 1.165) is 7.11 Å². The van der Waals surface area contributed by atoms with Crippen LogP contribution >= 0.6 is 0 Å². The molecule has 0 fully saturated rings. The molecule has 104 valence electrons. The number of alkyl halides is 2. The summed E-state index contributed by atoms with van der Waals surface area (Å²) in [4.78, 5) is 22.3. The smallest absolute Gasteiger partial charge is 0.380 e. The quantitative estimate of drug-likeness (QED) is 0.545. The van der Waals surface area contributed by atoms with Gasteiger partial charge in [0.05, 0.1) is 7.11 Å². The van der Waals surface area contributed by atoms with Crippen molar-refractivity contribution in [1.82, 2.24) is 0 Å². The number of ether oxygens (including phenoxy) is 2. The van der Waals surface area contributed by atoms with Crippen molar-refractivity contribution in [3.63, 3.8) is 0 Å². The SMILES string of the molecule is C=C(C)C(=O)O[C@@H](CC(C)C)C(F)(F)C(=O)OC. The van der Waals surface area contributed by atoms with Crippen LogP contribution in [0.15, 0.2) is 12.2 Å². The van der Waals surface area contributed by atoms with Gasteiger partial charge in [-0.1, -0.05) is 20.4 Å². The summed E-state index contributed by atoms with van der Waals surface area (Å²) in [6.45, 7) is 7.99. The predicted octanol–water partition coefficient (Wildman–Crippen LogP) is 2.33. The molecule has 1 atom stereocenters. The van der Waals surface area contributed by atoms with Gasteiger partial charge < -0.3 is 9.47 Å². The maximum atomic E-state index is 13.7. The summed E-state index contributed by atoms with van der Waals surface area (Å²) in [7, 11) is 0.850. The molecule has 0 aromatic carbocycles. The average molecular weight is 264 g/mol. The summed E-state index contributed by atoms with van der Waals surface area (Å²) >= 11 is 0. The van der Waals surface area contributed by atoms with Crippen molar-refractivity contribution in [2.24, 2.45) is 5.92 Å². The minimum Gasteiger partial charge on any atom is -0.464 e. The molecule has 0 heterocycles. The van der Waals surface area contributed by atoms with E-state index in [4.69, 9.17) is 0 Å². The van der Waals surface area contributed by atoms with Crippen molar-refractivity contribution in [3.8, 4) is 0 Å². The van der Waals surface area contributed by atoms with Gasteiger partial charge in [-0.3, -0.25) is 0 Å². The van der Waals surface area contributed by atoms with Gasteiger partial charge in [0.1, 0.15) is 0 Å². The van der Waals surface area contributed by atoms with Gasteiger partial charge in [0.2, 0.25) is 0 Å². The highest BCUT2D eigenvalue weighted by atomic mass is 19.3. The molecule has 0 bridgehead atoms. The highest BCUT2D eigenvalue weighted by Crippen LogP contribution is 2.28. The summed E-state index contributed by atoms with van der Waals surface area (Å²) in [6, 6.07) is 0. The molecule has 0 rings (SSSR count). The van der Waals surface area contributed by atoms with E-state index in [-0.39, 0.29) is 17.9 Å². The van der Waals surface area contributed by atoms with Crippen molar-refractivity contribution in [1.29, 1.82) is 0 Å². The minimum absolute atomic E-state index is 0.00979. The third-order valence-corrected chi connectivity index (χ3v) is 2.15. The Labute approximate surface area is 105 Å². The molecule has 0 aromatic heterocycles. The fourth-order valence-corrected chi connectivity index (χ4v) is 1.20. The third kappa shape index (κ3) is 4.43. The van der Waals surface area contributed by atoms with Crippen LogP contribution in [0.5, 0.6) is 0 Å². The van der Waals surface area contributed by atoms with E-state index in [1.54, 1.807) is 13.8 Å². The molecule has 4 nitrogen and oxygen atoms in total. The van der Waals surface area contributed by atoms with Gasteiger partial charge in [-0.25, -0.2) is 9.59 Å². The molecule has 0 aliphatic heterocycles. The molecule has 0 spiro atoms. The van der Waals surface area contributed by atoms with Gasteiger partial charge in [0.15, 0.2) is 6.10 Å². The molecule has 0 aromatic rings. The Morgan fingerprint density at radius 2 is 1.83 bits per heavy atom. The van der Waals surface area contributed by atoms with Crippen LogP contribution in [0.3, 0.4) is 0 Å². The highest BCUT2D eigenvalue weighted by molar-refractivity contribution is 5.87. The molecule has 0 amide bonds. The molecule has 0 saturated carbocycles. The van der Waals surface area contributed by atoms with Gasteiger partial charge in [0, 0.05) is 5.57 Å². The van der Waals surface area contributed by atoms with E-state index in [1.807, 2.05) is 0 Å². The first-order valence-electron chi connectivity index (χ1n) is 5.45. The Kier molecular flexibility index (Phi) is 5.94. The van der Waals surface area contributed by atoms with Crippen LogP contribution in [0.4, 0.5) is 8.78 Å². The molecule has 0 radical (unpaired) electrons. The number of carbonyl (C=O) groups is 2. The standard InChI is InChI=1S/C12H18F2O4/c1-7(2)6-9(18-10(15)8(3)4)12(13,14)11(16)17-5/h7,9H,3,6H2,1-2,4-5H3/t9-/m0/s1. The summed E-state index contributed by atoms with van der Waals surface area (Å²) in [5, 5.41) is 0. The zero-order chi connectivity index (χ0) is 14.5. The molecular weight excluding hydrogens is 246 g/mol. The topological polar surface area (TPSA) is 52.6 Å². The van der Waals surface area contributed by atoms with Crippen molar-refractivity contribution in [3.05, 3.63) is 12.2 Å². The van der Waals surface area contributed by atoms with Gasteiger partial charge in [-0.15, -0.1) is 0 Å². The maximum absolute atomic E-state index is 13.7. The van der Waals surface area contributed by atoms with Crippen molar-refractivity contribution < 1.29 is 27.8 Å². The molecular formula is C12H18F2O4. The summed E-state index contributed by atoms with van der Waals surface area (Å²) < 4.78 is 36.0. The monoisotopic (exact) mass is 264 g/mol. The fraction of sp³-hybridized carbons (Fsp3) is 0.667.